The standard InChI is InChI=1S/C14H12BNO4/c1-7-3-4-9(14(19)20)6-10(7)16-8(2)5-11(17)12(15)13(16)18/h3-6,17H,1-2H3,(H,19,20). The van der Waals surface area contributed by atoms with Gasteiger partial charge in [-0.05, 0) is 37.6 Å². The minimum absolute atomic E-state index is 0.0727. The second-order valence-electron chi connectivity index (χ2n) is 4.53. The average molecular weight is 269 g/mol. The van der Waals surface area contributed by atoms with Crippen LogP contribution < -0.4 is 11.0 Å². The third-order valence-electron chi connectivity index (χ3n) is 3.10. The molecule has 2 N–H and O–H groups in total. The van der Waals surface area contributed by atoms with Gasteiger partial charge in [0.2, 0.25) is 0 Å². The van der Waals surface area contributed by atoms with E-state index in [2.05, 4.69) is 0 Å². The Hall–Kier alpha value is -2.50. The van der Waals surface area contributed by atoms with Crippen molar-refractivity contribution in [1.29, 1.82) is 0 Å². The van der Waals surface area contributed by atoms with E-state index in [9.17, 15) is 14.7 Å². The Labute approximate surface area is 116 Å². The second kappa shape index (κ2) is 4.88. The van der Waals surface area contributed by atoms with Crippen LogP contribution in [0.25, 0.3) is 5.69 Å². The lowest BCUT2D eigenvalue weighted by Crippen LogP contribution is -2.35. The monoisotopic (exact) mass is 269 g/mol. The number of aromatic carboxylic acids is 1. The molecule has 0 bridgehead atoms. The molecule has 0 fully saturated rings. The number of nitrogens with zero attached hydrogens (tertiary/aromatic N) is 1. The molecule has 5 nitrogen and oxygen atoms in total. The highest BCUT2D eigenvalue weighted by atomic mass is 16.4. The number of hydrogen-bond acceptors (Lipinski definition) is 3. The van der Waals surface area contributed by atoms with Crippen molar-refractivity contribution in [1.82, 2.24) is 4.57 Å². The van der Waals surface area contributed by atoms with Crippen LogP contribution in [0.5, 0.6) is 5.75 Å². The summed E-state index contributed by atoms with van der Waals surface area (Å²) in [5.41, 5.74) is 0.851. The van der Waals surface area contributed by atoms with Crippen LogP contribution in [-0.2, 0) is 0 Å². The number of carbonyl (C=O) groups is 1. The molecule has 2 aromatic rings. The van der Waals surface area contributed by atoms with Crippen LogP contribution in [0.1, 0.15) is 21.6 Å². The van der Waals surface area contributed by atoms with Gasteiger partial charge in [0.05, 0.1) is 11.3 Å². The Bertz CT molecular complexity index is 764. The SMILES string of the molecule is [B]c1c(O)cc(C)n(-c2cc(C(=O)O)ccc2C)c1=O. The highest BCUT2D eigenvalue weighted by molar-refractivity contribution is 6.33. The molecule has 0 unspecified atom stereocenters. The lowest BCUT2D eigenvalue weighted by atomic mass is 9.96. The summed E-state index contributed by atoms with van der Waals surface area (Å²) in [4.78, 5) is 23.2. The zero-order chi connectivity index (χ0) is 15.0. The summed E-state index contributed by atoms with van der Waals surface area (Å²) >= 11 is 0. The molecule has 1 aromatic carbocycles. The Kier molecular flexibility index (Phi) is 3.40. The number of aryl methyl sites for hydroxylation is 2. The molecule has 0 saturated heterocycles. The summed E-state index contributed by atoms with van der Waals surface area (Å²) in [5, 5.41) is 18.6. The van der Waals surface area contributed by atoms with Crippen molar-refractivity contribution in [2.75, 3.05) is 0 Å². The minimum atomic E-state index is -1.08. The number of pyridine rings is 1. The number of aromatic hydroxyl groups is 1. The highest BCUT2D eigenvalue weighted by Gasteiger charge is 2.13. The van der Waals surface area contributed by atoms with Gasteiger partial charge in [0.25, 0.3) is 5.56 Å². The lowest BCUT2D eigenvalue weighted by Gasteiger charge is -2.15. The van der Waals surface area contributed by atoms with Crippen molar-refractivity contribution >= 4 is 19.3 Å². The molecule has 100 valence electrons. The predicted molar refractivity (Wildman–Crippen MR) is 75.5 cm³/mol. The number of carboxylic acids is 1. The first-order valence-electron chi connectivity index (χ1n) is 5.88. The Morgan fingerprint density at radius 1 is 1.25 bits per heavy atom. The molecule has 0 aliphatic carbocycles. The van der Waals surface area contributed by atoms with Crippen LogP contribution in [-0.4, -0.2) is 28.6 Å². The molecule has 0 amide bonds. The first kappa shape index (κ1) is 13.9. The zero-order valence-electron chi connectivity index (χ0n) is 11.0. The maximum Gasteiger partial charge on any atom is 0.335 e. The largest absolute Gasteiger partial charge is 0.508 e. The smallest absolute Gasteiger partial charge is 0.335 e. The second-order valence-corrected chi connectivity index (χ2v) is 4.53. The summed E-state index contributed by atoms with van der Waals surface area (Å²) in [6, 6.07) is 5.85. The van der Waals surface area contributed by atoms with E-state index in [0.29, 0.717) is 11.4 Å². The van der Waals surface area contributed by atoms with Gasteiger partial charge in [-0.25, -0.2) is 4.79 Å². The van der Waals surface area contributed by atoms with Crippen molar-refractivity contribution in [3.05, 3.63) is 51.4 Å². The third kappa shape index (κ3) is 2.20. The van der Waals surface area contributed by atoms with Crippen LogP contribution in [0.2, 0.25) is 0 Å². The molecule has 6 heteroatoms. The number of hydrogen-bond donors (Lipinski definition) is 2. The van der Waals surface area contributed by atoms with Crippen molar-refractivity contribution in [3.63, 3.8) is 0 Å². The maximum atomic E-state index is 12.2. The summed E-state index contributed by atoms with van der Waals surface area (Å²) in [7, 11) is 5.54. The summed E-state index contributed by atoms with van der Waals surface area (Å²) in [5.74, 6) is -1.36. The van der Waals surface area contributed by atoms with Crippen molar-refractivity contribution in [3.8, 4) is 11.4 Å². The fourth-order valence-electron chi connectivity index (χ4n) is 2.01. The first-order chi connectivity index (χ1) is 9.32. The Morgan fingerprint density at radius 2 is 1.90 bits per heavy atom. The number of carboxylic acid groups (broad SMARTS) is 1. The fraction of sp³-hybridized carbons (Fsp3) is 0.143. The quantitative estimate of drug-likeness (QED) is 0.784. The fourth-order valence-corrected chi connectivity index (χ4v) is 2.01. The van der Waals surface area contributed by atoms with Gasteiger partial charge in [-0.1, -0.05) is 6.07 Å². The molecular formula is C14H12BNO4. The Morgan fingerprint density at radius 3 is 2.50 bits per heavy atom. The topological polar surface area (TPSA) is 79.5 Å². The number of benzene rings is 1. The number of rotatable bonds is 2. The van der Waals surface area contributed by atoms with E-state index in [0.717, 1.165) is 5.56 Å². The van der Waals surface area contributed by atoms with E-state index >= 15 is 0 Å². The highest BCUT2D eigenvalue weighted by Crippen LogP contribution is 2.17. The van der Waals surface area contributed by atoms with Gasteiger partial charge in [-0.3, -0.25) is 9.36 Å². The molecular weight excluding hydrogens is 257 g/mol. The molecule has 0 spiro atoms. The van der Waals surface area contributed by atoms with Gasteiger partial charge >= 0.3 is 5.97 Å². The van der Waals surface area contributed by atoms with Crippen LogP contribution >= 0.6 is 0 Å². The van der Waals surface area contributed by atoms with Crippen LogP contribution in [0.4, 0.5) is 0 Å². The van der Waals surface area contributed by atoms with Gasteiger partial charge in [0.15, 0.2) is 0 Å². The lowest BCUT2D eigenvalue weighted by molar-refractivity contribution is 0.0697. The molecule has 0 aliphatic rings. The van der Waals surface area contributed by atoms with Crippen LogP contribution in [0, 0.1) is 13.8 Å². The van der Waals surface area contributed by atoms with E-state index in [1.165, 1.54) is 22.8 Å². The molecule has 0 saturated carbocycles. The van der Waals surface area contributed by atoms with Crippen molar-refractivity contribution in [2.24, 2.45) is 0 Å². The average Bonchev–Trinajstić information content (AvgIpc) is 2.38. The molecule has 2 rings (SSSR count). The van der Waals surface area contributed by atoms with E-state index in [-0.39, 0.29) is 16.8 Å². The van der Waals surface area contributed by atoms with E-state index < -0.39 is 11.5 Å². The van der Waals surface area contributed by atoms with Gasteiger partial charge in [0.1, 0.15) is 13.6 Å². The van der Waals surface area contributed by atoms with Gasteiger partial charge in [-0.2, -0.15) is 0 Å². The first-order valence-corrected chi connectivity index (χ1v) is 5.88. The zero-order valence-corrected chi connectivity index (χ0v) is 11.0. The van der Waals surface area contributed by atoms with Gasteiger partial charge in [-0.15, -0.1) is 0 Å². The van der Waals surface area contributed by atoms with Gasteiger partial charge < -0.3 is 10.2 Å². The maximum absolute atomic E-state index is 12.2. The Balaban J connectivity index is 2.81. The number of aromatic nitrogens is 1. The summed E-state index contributed by atoms with van der Waals surface area (Å²) < 4.78 is 1.29. The van der Waals surface area contributed by atoms with Crippen molar-refractivity contribution in [2.45, 2.75) is 13.8 Å². The normalized spacial score (nSPS) is 10.5. The third-order valence-corrected chi connectivity index (χ3v) is 3.10. The van der Waals surface area contributed by atoms with Crippen LogP contribution in [0.3, 0.4) is 0 Å². The van der Waals surface area contributed by atoms with E-state index in [1.807, 2.05) is 0 Å². The predicted octanol–water partition coefficient (Wildman–Crippen LogP) is 0.652. The van der Waals surface area contributed by atoms with E-state index in [1.54, 1.807) is 19.9 Å². The molecule has 1 aromatic heterocycles. The van der Waals surface area contributed by atoms with Crippen LogP contribution in [0.15, 0.2) is 29.1 Å². The van der Waals surface area contributed by atoms with Crippen molar-refractivity contribution < 1.29 is 15.0 Å². The van der Waals surface area contributed by atoms with E-state index in [4.69, 9.17) is 13.0 Å². The molecule has 0 aliphatic heterocycles. The summed E-state index contributed by atoms with van der Waals surface area (Å²) in [6.45, 7) is 3.39. The molecule has 1 heterocycles. The van der Waals surface area contributed by atoms with Gasteiger partial charge in [0, 0.05) is 11.2 Å². The minimum Gasteiger partial charge on any atom is -0.508 e. The molecule has 20 heavy (non-hydrogen) atoms. The molecule has 2 radical (unpaired) electrons. The summed E-state index contributed by atoms with van der Waals surface area (Å²) in [6.07, 6.45) is 0. The molecule has 0 atom stereocenters.